The summed E-state index contributed by atoms with van der Waals surface area (Å²) < 4.78 is 2.02. The fourth-order valence-electron chi connectivity index (χ4n) is 5.23. The van der Waals surface area contributed by atoms with Crippen molar-refractivity contribution in [2.45, 2.75) is 38.8 Å². The van der Waals surface area contributed by atoms with Gasteiger partial charge in [-0.2, -0.15) is 0 Å². The van der Waals surface area contributed by atoms with E-state index in [1.807, 2.05) is 24.0 Å². The molecular weight excluding hydrogens is 448 g/mol. The Morgan fingerprint density at radius 3 is 2.83 bits per heavy atom. The molecule has 2 aromatic carbocycles. The van der Waals surface area contributed by atoms with E-state index < -0.39 is 6.10 Å². The van der Waals surface area contributed by atoms with Gasteiger partial charge in [0.1, 0.15) is 0 Å². The van der Waals surface area contributed by atoms with E-state index in [9.17, 15) is 9.90 Å². The van der Waals surface area contributed by atoms with Crippen molar-refractivity contribution in [3.8, 4) is 0 Å². The summed E-state index contributed by atoms with van der Waals surface area (Å²) in [6.45, 7) is 4.20. The minimum Gasteiger partial charge on any atom is -0.390 e. The van der Waals surface area contributed by atoms with Gasteiger partial charge in [-0.05, 0) is 47.2 Å². The normalized spacial score (nSPS) is 19.4. The van der Waals surface area contributed by atoms with E-state index in [0.717, 1.165) is 53.8 Å². The zero-order chi connectivity index (χ0) is 25.1. The lowest BCUT2D eigenvalue weighted by Crippen LogP contribution is -2.43. The molecule has 0 spiro atoms. The average Bonchev–Trinajstić information content (AvgIpc) is 3.23. The largest absolute Gasteiger partial charge is 0.390 e. The van der Waals surface area contributed by atoms with Crippen LogP contribution in [0.4, 0.5) is 0 Å². The monoisotopic (exact) mass is 482 g/mol. The number of aliphatic hydroxyl groups excluding tert-OH is 1. The number of hydrogen-bond donors (Lipinski definition) is 1. The number of amides is 1. The van der Waals surface area contributed by atoms with Gasteiger partial charge in [0.25, 0.3) is 0 Å². The Hall–Kier alpha value is -3.48. The first-order valence-corrected chi connectivity index (χ1v) is 12.7. The molecule has 1 amide bonds. The Bertz CT molecular complexity index is 1350. The highest BCUT2D eigenvalue weighted by molar-refractivity contribution is 5.84. The first kappa shape index (κ1) is 24.2. The van der Waals surface area contributed by atoms with Gasteiger partial charge in [-0.15, -0.1) is 0 Å². The van der Waals surface area contributed by atoms with Crippen molar-refractivity contribution in [1.82, 2.24) is 19.4 Å². The van der Waals surface area contributed by atoms with Crippen LogP contribution in [0.1, 0.15) is 36.5 Å². The van der Waals surface area contributed by atoms with Crippen molar-refractivity contribution < 1.29 is 9.90 Å². The number of rotatable bonds is 6. The van der Waals surface area contributed by atoms with Crippen LogP contribution in [0.3, 0.4) is 0 Å². The molecule has 1 aromatic heterocycles. The van der Waals surface area contributed by atoms with E-state index in [1.165, 1.54) is 11.1 Å². The third-order valence-corrected chi connectivity index (χ3v) is 7.18. The van der Waals surface area contributed by atoms with Gasteiger partial charge in [0, 0.05) is 45.7 Å². The molecule has 1 atom stereocenters. The summed E-state index contributed by atoms with van der Waals surface area (Å²) in [4.78, 5) is 21.1. The van der Waals surface area contributed by atoms with Crippen LogP contribution in [0.15, 0.2) is 78.8 Å². The van der Waals surface area contributed by atoms with Crippen LogP contribution in [-0.2, 0) is 24.8 Å². The lowest BCUT2D eigenvalue weighted by Gasteiger charge is -2.32. The van der Waals surface area contributed by atoms with Crippen molar-refractivity contribution in [2.24, 2.45) is 7.05 Å². The van der Waals surface area contributed by atoms with Gasteiger partial charge in [-0.3, -0.25) is 9.69 Å². The molecule has 2 aliphatic rings. The molecule has 1 N–H and O–H groups in total. The molecule has 0 radical (unpaired) electrons. The molecule has 0 bridgehead atoms. The lowest BCUT2D eigenvalue weighted by atomic mass is 9.99. The van der Waals surface area contributed by atoms with Crippen molar-refractivity contribution in [2.75, 3.05) is 19.6 Å². The number of fused-ring (bicyclic) bond motifs is 2. The summed E-state index contributed by atoms with van der Waals surface area (Å²) in [5, 5.41) is 11.0. The molecule has 0 fully saturated rings. The Labute approximate surface area is 212 Å². The molecule has 1 aliphatic carbocycles. The van der Waals surface area contributed by atoms with Crippen LogP contribution in [-0.4, -0.2) is 56.1 Å². The summed E-state index contributed by atoms with van der Waals surface area (Å²) in [7, 11) is 2.00. The smallest absolute Gasteiger partial charge is 0.223 e. The average molecular weight is 483 g/mol. The summed E-state index contributed by atoms with van der Waals surface area (Å²) in [5.41, 5.74) is 7.99. The zero-order valence-corrected chi connectivity index (χ0v) is 21.1. The number of imidazole rings is 1. The molecule has 1 aliphatic heterocycles. The number of aliphatic hydroxyl groups is 1. The number of carbonyl (C=O) groups is 1. The zero-order valence-electron chi connectivity index (χ0n) is 21.1. The minimum atomic E-state index is -0.614. The number of nitrogens with zero attached hydrogens (tertiary/aromatic N) is 4. The van der Waals surface area contributed by atoms with Gasteiger partial charge >= 0.3 is 0 Å². The Kier molecular flexibility index (Phi) is 7.16. The SMILES string of the molecule is CC(=O)N(CC(O)CN1CCc2ccccc2C1)/C1=C/C/C=C\C(c2ccc3ncn(C)c3c2)=CC1. The number of aryl methyl sites for hydroxylation is 1. The van der Waals surface area contributed by atoms with Crippen LogP contribution < -0.4 is 0 Å². The van der Waals surface area contributed by atoms with Gasteiger partial charge in [0.05, 0.1) is 30.0 Å². The Balaban J connectivity index is 1.28. The third kappa shape index (κ3) is 5.35. The van der Waals surface area contributed by atoms with E-state index in [2.05, 4.69) is 70.6 Å². The standard InChI is InChI=1S/C30H34N4O2/c1-22(35)34(20-28(36)19-33-16-15-24-8-3-4-9-26(24)18-33)27-10-6-5-7-23(11-13-27)25-12-14-29-30(17-25)32(2)21-31-29/h3-5,7-12,14,17,21,28,36H,6,13,15-16,18-20H2,1-2H3/b7-5-,23-11?,27-10+. The quantitative estimate of drug-likeness (QED) is 0.564. The number of allylic oxidation sites excluding steroid dienone is 5. The van der Waals surface area contributed by atoms with E-state index in [4.69, 9.17) is 0 Å². The molecule has 2 heterocycles. The molecule has 6 heteroatoms. The second kappa shape index (κ2) is 10.6. The van der Waals surface area contributed by atoms with E-state index >= 15 is 0 Å². The maximum absolute atomic E-state index is 12.7. The van der Waals surface area contributed by atoms with E-state index in [-0.39, 0.29) is 5.91 Å². The van der Waals surface area contributed by atoms with Gasteiger partial charge < -0.3 is 14.6 Å². The Morgan fingerprint density at radius 2 is 2.00 bits per heavy atom. The van der Waals surface area contributed by atoms with E-state index in [1.54, 1.807) is 11.8 Å². The molecule has 0 saturated carbocycles. The second-order valence-corrected chi connectivity index (χ2v) is 9.79. The second-order valence-electron chi connectivity index (χ2n) is 9.79. The van der Waals surface area contributed by atoms with Crippen molar-refractivity contribution in [3.05, 3.63) is 95.5 Å². The highest BCUT2D eigenvalue weighted by Gasteiger charge is 2.22. The number of aromatic nitrogens is 2. The molecule has 3 aromatic rings. The molecular formula is C30H34N4O2. The number of carbonyl (C=O) groups excluding carboxylic acids is 1. The van der Waals surface area contributed by atoms with Crippen LogP contribution in [0.25, 0.3) is 16.6 Å². The summed E-state index contributed by atoms with van der Waals surface area (Å²) in [6.07, 6.45) is 12.1. The van der Waals surface area contributed by atoms with Crippen LogP contribution >= 0.6 is 0 Å². The van der Waals surface area contributed by atoms with Crippen LogP contribution in [0, 0.1) is 0 Å². The predicted octanol–water partition coefficient (Wildman–Crippen LogP) is 4.46. The van der Waals surface area contributed by atoms with Crippen molar-refractivity contribution >= 4 is 22.5 Å². The molecule has 5 rings (SSSR count). The van der Waals surface area contributed by atoms with Gasteiger partial charge in [0.15, 0.2) is 0 Å². The van der Waals surface area contributed by atoms with Crippen LogP contribution in [0.2, 0.25) is 0 Å². The van der Waals surface area contributed by atoms with Crippen LogP contribution in [0.5, 0.6) is 0 Å². The van der Waals surface area contributed by atoms with Gasteiger partial charge in [0.2, 0.25) is 5.91 Å². The molecule has 6 nitrogen and oxygen atoms in total. The third-order valence-electron chi connectivity index (χ3n) is 7.18. The Morgan fingerprint density at radius 1 is 1.17 bits per heavy atom. The number of β-amino-alcohol motifs (C(OH)–C–C–N with tert-alkyl or cyclic N) is 1. The molecule has 0 saturated heterocycles. The minimum absolute atomic E-state index is 0.0416. The highest BCUT2D eigenvalue weighted by atomic mass is 16.3. The maximum atomic E-state index is 12.7. The highest BCUT2D eigenvalue weighted by Crippen LogP contribution is 2.26. The van der Waals surface area contributed by atoms with Gasteiger partial charge in [-0.25, -0.2) is 4.98 Å². The first-order chi connectivity index (χ1) is 17.5. The molecule has 1 unspecified atom stereocenters. The lowest BCUT2D eigenvalue weighted by molar-refractivity contribution is -0.128. The topological polar surface area (TPSA) is 61.6 Å². The predicted molar refractivity (Wildman–Crippen MR) is 144 cm³/mol. The fraction of sp³-hybridized carbons (Fsp3) is 0.333. The van der Waals surface area contributed by atoms with Crippen molar-refractivity contribution in [1.29, 1.82) is 0 Å². The summed E-state index contributed by atoms with van der Waals surface area (Å²) >= 11 is 0. The fourth-order valence-corrected chi connectivity index (χ4v) is 5.23. The number of benzene rings is 2. The van der Waals surface area contributed by atoms with Gasteiger partial charge in [-0.1, -0.05) is 54.6 Å². The van der Waals surface area contributed by atoms with Crippen molar-refractivity contribution in [3.63, 3.8) is 0 Å². The first-order valence-electron chi connectivity index (χ1n) is 12.7. The molecule has 36 heavy (non-hydrogen) atoms. The number of hydrogen-bond acceptors (Lipinski definition) is 4. The molecule has 186 valence electrons. The summed E-state index contributed by atoms with van der Waals surface area (Å²) in [6, 6.07) is 14.8. The maximum Gasteiger partial charge on any atom is 0.223 e. The van der Waals surface area contributed by atoms with E-state index in [0.29, 0.717) is 19.5 Å². The summed E-state index contributed by atoms with van der Waals surface area (Å²) in [5.74, 6) is -0.0416.